The van der Waals surface area contributed by atoms with Gasteiger partial charge in [-0.25, -0.2) is 0 Å². The average molecular weight is 457 g/mol. The molecule has 3 N–H and O–H groups in total. The number of hydrogen-bond donors (Lipinski definition) is 3. The quantitative estimate of drug-likeness (QED) is 0.373. The highest BCUT2D eigenvalue weighted by atomic mass is 16.5. The highest BCUT2D eigenvalue weighted by Crippen LogP contribution is 2.41. The van der Waals surface area contributed by atoms with Crippen molar-refractivity contribution in [3.8, 4) is 5.75 Å². The van der Waals surface area contributed by atoms with Crippen molar-refractivity contribution in [2.24, 2.45) is 5.92 Å². The van der Waals surface area contributed by atoms with Gasteiger partial charge in [-0.2, -0.15) is 0 Å². The molecule has 0 saturated heterocycles. The Morgan fingerprint density at radius 3 is 2.00 bits per heavy atom. The van der Waals surface area contributed by atoms with Crippen molar-refractivity contribution in [2.45, 2.75) is 91.3 Å². The van der Waals surface area contributed by atoms with E-state index in [1.54, 1.807) is 0 Å². The van der Waals surface area contributed by atoms with E-state index < -0.39 is 6.10 Å². The first-order valence-electron chi connectivity index (χ1n) is 12.5. The molecule has 0 bridgehead atoms. The summed E-state index contributed by atoms with van der Waals surface area (Å²) < 4.78 is 5.70. The second-order valence-electron chi connectivity index (χ2n) is 9.88. The van der Waals surface area contributed by atoms with Crippen molar-refractivity contribution in [3.05, 3.63) is 64.2 Å². The monoisotopic (exact) mass is 456 g/mol. The van der Waals surface area contributed by atoms with Gasteiger partial charge in [0, 0.05) is 5.41 Å². The molecular formula is C29H44O4. The molecule has 33 heavy (non-hydrogen) atoms. The smallest absolute Gasteiger partial charge is 0.122 e. The zero-order valence-corrected chi connectivity index (χ0v) is 21.4. The number of aryl methyl sites for hydroxylation is 3. The molecule has 0 aliphatic rings. The third-order valence-electron chi connectivity index (χ3n) is 6.96. The van der Waals surface area contributed by atoms with E-state index in [4.69, 9.17) is 9.84 Å². The van der Waals surface area contributed by atoms with Gasteiger partial charge in [0.25, 0.3) is 0 Å². The summed E-state index contributed by atoms with van der Waals surface area (Å²) in [7, 11) is 0. The van der Waals surface area contributed by atoms with Gasteiger partial charge in [-0.15, -0.1) is 0 Å². The fourth-order valence-corrected chi connectivity index (χ4v) is 4.84. The summed E-state index contributed by atoms with van der Waals surface area (Å²) in [5.74, 6) is 1.25. The van der Waals surface area contributed by atoms with Crippen LogP contribution >= 0.6 is 0 Å². The van der Waals surface area contributed by atoms with Crippen molar-refractivity contribution in [3.63, 3.8) is 0 Å². The Kier molecular flexibility index (Phi) is 10.4. The lowest BCUT2D eigenvalue weighted by atomic mass is 9.69. The van der Waals surface area contributed by atoms with E-state index in [0.29, 0.717) is 5.92 Å². The Balaban J connectivity index is 2.27. The van der Waals surface area contributed by atoms with Crippen molar-refractivity contribution in [1.82, 2.24) is 0 Å². The Morgan fingerprint density at radius 1 is 0.879 bits per heavy atom. The second kappa shape index (κ2) is 12.5. The van der Waals surface area contributed by atoms with Crippen LogP contribution in [0.15, 0.2) is 36.4 Å². The Labute approximate surface area is 200 Å². The Bertz CT molecular complexity index is 870. The van der Waals surface area contributed by atoms with Gasteiger partial charge in [0.15, 0.2) is 0 Å². The molecule has 2 rings (SSSR count). The molecular weight excluding hydrogens is 412 g/mol. The first kappa shape index (κ1) is 27.4. The van der Waals surface area contributed by atoms with Crippen LogP contribution in [0.3, 0.4) is 0 Å². The van der Waals surface area contributed by atoms with Crippen LogP contribution in [0.4, 0.5) is 0 Å². The number of aliphatic hydroxyl groups excluding tert-OH is 3. The minimum atomic E-state index is -0.873. The number of rotatable bonds is 13. The first-order chi connectivity index (χ1) is 15.7. The van der Waals surface area contributed by atoms with Crippen molar-refractivity contribution < 1.29 is 20.1 Å². The van der Waals surface area contributed by atoms with Crippen LogP contribution in [-0.2, 0) is 11.8 Å². The molecule has 0 saturated carbocycles. The average Bonchev–Trinajstić information content (AvgIpc) is 2.78. The van der Waals surface area contributed by atoms with Crippen LogP contribution in [0, 0.1) is 19.8 Å². The molecule has 2 aromatic rings. The van der Waals surface area contributed by atoms with Crippen LogP contribution in [0.2, 0.25) is 0 Å². The van der Waals surface area contributed by atoms with Gasteiger partial charge in [-0.1, -0.05) is 58.0 Å². The van der Waals surface area contributed by atoms with E-state index in [9.17, 15) is 10.2 Å². The normalized spacial score (nSPS) is 13.9. The summed E-state index contributed by atoms with van der Waals surface area (Å²) in [5.41, 5.74) is 6.11. The summed E-state index contributed by atoms with van der Waals surface area (Å²) in [6.07, 6.45) is 3.41. The lowest BCUT2D eigenvalue weighted by molar-refractivity contribution is 0.0534. The SMILES string of the molecule is CCC(CC)(c1ccc(CCC(O)CC(C)C)c(C)c1)c1ccc(OC[C@@H](O)CO)c(C)c1. The fourth-order valence-electron chi connectivity index (χ4n) is 4.84. The van der Waals surface area contributed by atoms with Crippen LogP contribution in [0.1, 0.15) is 81.2 Å². The Morgan fingerprint density at radius 2 is 1.48 bits per heavy atom. The topological polar surface area (TPSA) is 69.9 Å². The minimum absolute atomic E-state index is 0.0793. The minimum Gasteiger partial charge on any atom is -0.491 e. The first-order valence-corrected chi connectivity index (χ1v) is 12.5. The van der Waals surface area contributed by atoms with E-state index in [1.165, 1.54) is 22.3 Å². The molecule has 0 aliphatic heterocycles. The van der Waals surface area contributed by atoms with Crippen molar-refractivity contribution >= 4 is 0 Å². The molecule has 0 spiro atoms. The van der Waals surface area contributed by atoms with Crippen LogP contribution < -0.4 is 4.74 Å². The maximum atomic E-state index is 10.3. The molecule has 0 heterocycles. The zero-order chi connectivity index (χ0) is 24.6. The zero-order valence-electron chi connectivity index (χ0n) is 21.4. The molecule has 184 valence electrons. The number of hydrogen-bond acceptors (Lipinski definition) is 4. The largest absolute Gasteiger partial charge is 0.491 e. The molecule has 4 heteroatoms. The van der Waals surface area contributed by atoms with Gasteiger partial charge in [0.1, 0.15) is 18.5 Å². The predicted molar refractivity (Wildman–Crippen MR) is 136 cm³/mol. The summed E-state index contributed by atoms with van der Waals surface area (Å²) in [5, 5.41) is 28.9. The molecule has 2 atom stereocenters. The molecule has 0 fully saturated rings. The number of aliphatic hydroxyl groups is 3. The lowest BCUT2D eigenvalue weighted by Gasteiger charge is -2.34. The third-order valence-corrected chi connectivity index (χ3v) is 6.96. The number of ether oxygens (including phenoxy) is 1. The van der Waals surface area contributed by atoms with Crippen LogP contribution in [0.5, 0.6) is 5.75 Å². The van der Waals surface area contributed by atoms with Gasteiger partial charge in [-0.3, -0.25) is 0 Å². The number of benzene rings is 2. The van der Waals surface area contributed by atoms with Gasteiger partial charge < -0.3 is 20.1 Å². The Hall–Kier alpha value is -1.88. The molecule has 1 unspecified atom stereocenters. The molecule has 4 nitrogen and oxygen atoms in total. The van der Waals surface area contributed by atoms with Gasteiger partial charge in [0.2, 0.25) is 0 Å². The summed E-state index contributed by atoms with van der Waals surface area (Å²) in [6, 6.07) is 13.1. The van der Waals surface area contributed by atoms with Crippen molar-refractivity contribution in [2.75, 3.05) is 13.2 Å². The van der Waals surface area contributed by atoms with Gasteiger partial charge in [-0.05, 0) is 85.8 Å². The van der Waals surface area contributed by atoms with E-state index >= 15 is 0 Å². The van der Waals surface area contributed by atoms with Crippen LogP contribution in [-0.4, -0.2) is 40.7 Å². The maximum Gasteiger partial charge on any atom is 0.122 e. The van der Waals surface area contributed by atoms with Crippen LogP contribution in [0.25, 0.3) is 0 Å². The molecule has 0 radical (unpaired) electrons. The molecule has 0 aromatic heterocycles. The van der Waals surface area contributed by atoms with E-state index in [0.717, 1.165) is 43.4 Å². The molecule has 0 amide bonds. The highest BCUT2D eigenvalue weighted by molar-refractivity contribution is 5.47. The van der Waals surface area contributed by atoms with Gasteiger partial charge >= 0.3 is 0 Å². The maximum absolute atomic E-state index is 10.3. The lowest BCUT2D eigenvalue weighted by Crippen LogP contribution is -2.26. The highest BCUT2D eigenvalue weighted by Gasteiger charge is 2.31. The summed E-state index contributed by atoms with van der Waals surface area (Å²) in [4.78, 5) is 0. The van der Waals surface area contributed by atoms with E-state index in [1.807, 2.05) is 13.0 Å². The second-order valence-corrected chi connectivity index (χ2v) is 9.88. The standard InChI is InChI=1S/C29H44O4/c1-7-29(8-2,25-12-14-28(22(6)17-25)33-19-27(32)18-30)24-11-9-23(21(5)16-24)10-13-26(31)15-20(3)4/h9,11-12,14,16-17,20,26-27,30-32H,7-8,10,13,15,18-19H2,1-6H3/t26?,27-/m0/s1. The fraction of sp³-hybridized carbons (Fsp3) is 0.586. The van der Waals surface area contributed by atoms with Gasteiger partial charge in [0.05, 0.1) is 12.7 Å². The van der Waals surface area contributed by atoms with E-state index in [2.05, 4.69) is 65.0 Å². The summed E-state index contributed by atoms with van der Waals surface area (Å²) >= 11 is 0. The predicted octanol–water partition coefficient (Wildman–Crippen LogP) is 5.48. The van der Waals surface area contributed by atoms with Crippen molar-refractivity contribution in [1.29, 1.82) is 0 Å². The third kappa shape index (κ3) is 7.05. The molecule has 2 aromatic carbocycles. The molecule has 0 aliphatic carbocycles. The summed E-state index contributed by atoms with van der Waals surface area (Å²) in [6.45, 7) is 12.8. The van der Waals surface area contributed by atoms with E-state index in [-0.39, 0.29) is 24.7 Å².